The molecule has 3 aliphatic heterocycles. The number of aliphatic hydroxyl groups is 3. The van der Waals surface area contributed by atoms with Gasteiger partial charge in [-0.3, -0.25) is 14.5 Å². The van der Waals surface area contributed by atoms with Gasteiger partial charge in [-0.2, -0.15) is 0 Å². The first kappa shape index (κ1) is 44.2. The number of carbonyl (C=O) groups excluding carboxylic acids is 2. The normalized spacial score (nSPS) is 46.9. The smallest absolute Gasteiger partial charge is 0.311 e. The number of ether oxygens (including phenoxy) is 6. The van der Waals surface area contributed by atoms with Gasteiger partial charge in [0.1, 0.15) is 24.1 Å². The van der Waals surface area contributed by atoms with Crippen LogP contribution in [0.4, 0.5) is 0 Å². The summed E-state index contributed by atoms with van der Waals surface area (Å²) in [6.45, 7) is 22.5. The van der Waals surface area contributed by atoms with E-state index in [0.717, 1.165) is 0 Å². The number of methoxy groups -OCH3 is 1. The molecule has 3 aliphatic rings. The van der Waals surface area contributed by atoms with Crippen molar-refractivity contribution in [2.45, 2.75) is 194 Å². The molecule has 3 fully saturated rings. The Bertz CT molecular complexity index is 1140. The van der Waals surface area contributed by atoms with E-state index in [1.54, 1.807) is 27.7 Å². The van der Waals surface area contributed by atoms with Gasteiger partial charge in [0.2, 0.25) is 0 Å². The van der Waals surface area contributed by atoms with Gasteiger partial charge in [0.15, 0.2) is 12.6 Å². The molecule has 51 heavy (non-hydrogen) atoms. The fraction of sp³-hybridized carbons (Fsp3) is 0.949. The first-order chi connectivity index (χ1) is 23.6. The SMILES string of the molecule is CC[C@H]1OC(=O)[C@H](C)[C@@H](O[C@H]2C[C@@](C)(OC)[C@@H](O)[C@H](C)O2)[C@H](C)[C@@H](O[C@@H]2O[C@H](C)C[C@H](N(C)C(C)C)[C@H]2O)C(C)(O)C[C@@H](C)C(=O)[C@H](C)C[C@H]1C. The molecule has 3 rings (SSSR count). The zero-order chi connectivity index (χ0) is 38.7. The van der Waals surface area contributed by atoms with E-state index in [2.05, 4.69) is 18.7 Å². The number of cyclic esters (lactones) is 1. The van der Waals surface area contributed by atoms with E-state index in [4.69, 9.17) is 28.4 Å². The van der Waals surface area contributed by atoms with Crippen molar-refractivity contribution in [1.29, 1.82) is 0 Å². The van der Waals surface area contributed by atoms with E-state index in [1.807, 2.05) is 48.6 Å². The molecule has 0 bridgehead atoms. The van der Waals surface area contributed by atoms with Crippen LogP contribution in [0.1, 0.15) is 115 Å². The first-order valence-electron chi connectivity index (χ1n) is 19.3. The molecule has 0 spiro atoms. The van der Waals surface area contributed by atoms with Crippen LogP contribution in [0, 0.1) is 29.6 Å². The van der Waals surface area contributed by atoms with Crippen molar-refractivity contribution in [2.75, 3.05) is 14.2 Å². The molecule has 298 valence electrons. The van der Waals surface area contributed by atoms with Crippen molar-refractivity contribution in [3.63, 3.8) is 0 Å². The molecular weight excluding hydrogens is 658 g/mol. The second-order valence-corrected chi connectivity index (χ2v) is 17.0. The van der Waals surface area contributed by atoms with Crippen LogP contribution in [0.5, 0.6) is 0 Å². The third-order valence-corrected chi connectivity index (χ3v) is 12.2. The molecule has 17 atom stereocenters. The third-order valence-electron chi connectivity index (χ3n) is 12.2. The van der Waals surface area contributed by atoms with Crippen molar-refractivity contribution in [3.8, 4) is 0 Å². The molecule has 12 nitrogen and oxygen atoms in total. The molecule has 0 aliphatic carbocycles. The summed E-state index contributed by atoms with van der Waals surface area (Å²) in [4.78, 5) is 30.0. The average Bonchev–Trinajstić information content (AvgIpc) is 3.06. The minimum absolute atomic E-state index is 0.0103. The summed E-state index contributed by atoms with van der Waals surface area (Å²) >= 11 is 0. The van der Waals surface area contributed by atoms with Gasteiger partial charge in [-0.25, -0.2) is 0 Å². The monoisotopic (exact) mass is 730 g/mol. The van der Waals surface area contributed by atoms with Gasteiger partial charge >= 0.3 is 5.97 Å². The fourth-order valence-corrected chi connectivity index (χ4v) is 8.69. The second kappa shape index (κ2) is 17.9. The lowest BCUT2D eigenvalue weighted by Crippen LogP contribution is -2.61. The first-order valence-corrected chi connectivity index (χ1v) is 19.3. The molecule has 0 aromatic heterocycles. The number of nitrogens with zero attached hydrogens (tertiary/aromatic N) is 1. The molecule has 0 aromatic carbocycles. The van der Waals surface area contributed by atoms with Crippen LogP contribution in [0.15, 0.2) is 0 Å². The standard InChI is InChI=1S/C39H71NO11/c1-15-29-21(4)16-22(5)31(41)23(6)18-38(11,45)35(51-37-32(42)28(17-24(7)47-37)40(13)20(2)3)25(8)33(26(9)36(44)49-29)50-30-19-39(12,46-14)34(43)27(10)48-30/h20-30,32-35,37,42-43,45H,15-19H2,1-14H3/t21-,22-,23-,24-,25+,26-,27+,28+,29-,30+,32-,33+,34+,35-,37+,38?,39-/m1/s1. The summed E-state index contributed by atoms with van der Waals surface area (Å²) in [6, 6.07) is -0.127. The molecule has 3 N–H and O–H groups in total. The molecule has 0 aromatic rings. The summed E-state index contributed by atoms with van der Waals surface area (Å²) < 4.78 is 37.8. The number of aliphatic hydroxyl groups excluding tert-OH is 2. The van der Waals surface area contributed by atoms with Crippen LogP contribution >= 0.6 is 0 Å². The van der Waals surface area contributed by atoms with E-state index in [0.29, 0.717) is 19.3 Å². The Morgan fingerprint density at radius 2 is 1.57 bits per heavy atom. The number of rotatable bonds is 8. The quantitative estimate of drug-likeness (QED) is 0.302. The van der Waals surface area contributed by atoms with E-state index in [1.165, 1.54) is 7.11 Å². The molecule has 0 saturated carbocycles. The topological polar surface area (TPSA) is 153 Å². The lowest BCUT2D eigenvalue weighted by Gasteiger charge is -2.49. The van der Waals surface area contributed by atoms with E-state index >= 15 is 0 Å². The van der Waals surface area contributed by atoms with Crippen LogP contribution in [0.2, 0.25) is 0 Å². The zero-order valence-electron chi connectivity index (χ0n) is 33.8. The average molecular weight is 730 g/mol. The van der Waals surface area contributed by atoms with Gasteiger partial charge in [0.05, 0.1) is 41.5 Å². The molecule has 3 saturated heterocycles. The highest BCUT2D eigenvalue weighted by Gasteiger charge is 2.52. The maximum absolute atomic E-state index is 14.1. The van der Waals surface area contributed by atoms with E-state index < -0.39 is 84.1 Å². The number of esters is 1. The van der Waals surface area contributed by atoms with Gasteiger partial charge in [0.25, 0.3) is 0 Å². The maximum atomic E-state index is 14.1. The second-order valence-electron chi connectivity index (χ2n) is 17.0. The summed E-state index contributed by atoms with van der Waals surface area (Å²) in [6.07, 6.45) is -5.37. The lowest BCUT2D eigenvalue weighted by atomic mass is 9.75. The highest BCUT2D eigenvalue weighted by atomic mass is 16.7. The summed E-state index contributed by atoms with van der Waals surface area (Å²) in [5.41, 5.74) is -2.62. The molecule has 1 unspecified atom stereocenters. The minimum Gasteiger partial charge on any atom is -0.462 e. The number of Topliss-reactive ketones (excluding diaryl/α,β-unsaturated/α-hetero) is 1. The summed E-state index contributed by atoms with van der Waals surface area (Å²) in [5, 5.41) is 35.1. The van der Waals surface area contributed by atoms with Crippen LogP contribution < -0.4 is 0 Å². The van der Waals surface area contributed by atoms with Gasteiger partial charge < -0.3 is 43.7 Å². The van der Waals surface area contributed by atoms with Gasteiger partial charge in [-0.05, 0) is 87.1 Å². The molecule has 12 heteroatoms. The number of carbonyl (C=O) groups is 2. The predicted molar refractivity (Wildman–Crippen MR) is 193 cm³/mol. The van der Waals surface area contributed by atoms with Gasteiger partial charge in [0, 0.05) is 43.4 Å². The Labute approximate surface area is 307 Å². The largest absolute Gasteiger partial charge is 0.462 e. The summed E-state index contributed by atoms with van der Waals surface area (Å²) in [7, 11) is 3.49. The lowest BCUT2D eigenvalue weighted by molar-refractivity contribution is -0.318. The predicted octanol–water partition coefficient (Wildman–Crippen LogP) is 4.48. The Balaban J connectivity index is 2.14. The minimum atomic E-state index is -1.64. The molecule has 0 amide bonds. The van der Waals surface area contributed by atoms with Gasteiger partial charge in [-0.15, -0.1) is 0 Å². The van der Waals surface area contributed by atoms with Crippen molar-refractivity contribution in [2.24, 2.45) is 29.6 Å². The molecule has 3 heterocycles. The van der Waals surface area contributed by atoms with E-state index in [9.17, 15) is 24.9 Å². The molecule has 0 radical (unpaired) electrons. The number of likely N-dealkylation sites (N-methyl/N-ethyl adjacent to an activating group) is 1. The number of hydrogen-bond donors (Lipinski definition) is 3. The van der Waals surface area contributed by atoms with E-state index in [-0.39, 0.29) is 48.6 Å². The Hall–Kier alpha value is -1.22. The van der Waals surface area contributed by atoms with Crippen molar-refractivity contribution >= 4 is 11.8 Å². The van der Waals surface area contributed by atoms with Gasteiger partial charge in [-0.1, -0.05) is 34.6 Å². The Kier molecular flexibility index (Phi) is 15.5. The highest BCUT2D eigenvalue weighted by molar-refractivity contribution is 5.83. The zero-order valence-corrected chi connectivity index (χ0v) is 33.8. The van der Waals surface area contributed by atoms with Crippen LogP contribution in [0.3, 0.4) is 0 Å². The number of hydrogen-bond acceptors (Lipinski definition) is 12. The maximum Gasteiger partial charge on any atom is 0.311 e. The van der Waals surface area contributed by atoms with Crippen LogP contribution in [-0.2, 0) is 38.0 Å². The number of ketones is 1. The Morgan fingerprint density at radius 1 is 0.941 bits per heavy atom. The third kappa shape index (κ3) is 10.3. The highest BCUT2D eigenvalue weighted by Crippen LogP contribution is 2.40. The fourth-order valence-electron chi connectivity index (χ4n) is 8.69. The molecular formula is C39H71NO11. The van der Waals surface area contributed by atoms with Crippen LogP contribution in [-0.4, -0.2) is 125 Å². The van der Waals surface area contributed by atoms with Crippen LogP contribution in [0.25, 0.3) is 0 Å². The Morgan fingerprint density at radius 3 is 2.14 bits per heavy atom. The van der Waals surface area contributed by atoms with Crippen molar-refractivity contribution < 1.29 is 53.3 Å². The van der Waals surface area contributed by atoms with Crippen molar-refractivity contribution in [3.05, 3.63) is 0 Å². The summed E-state index contributed by atoms with van der Waals surface area (Å²) in [5.74, 6) is -2.97. The van der Waals surface area contributed by atoms with Crippen molar-refractivity contribution in [1.82, 2.24) is 4.90 Å².